The van der Waals surface area contributed by atoms with Crippen molar-refractivity contribution in [3.63, 3.8) is 0 Å². The highest BCUT2D eigenvalue weighted by Crippen LogP contribution is 2.45. The van der Waals surface area contributed by atoms with Crippen LogP contribution in [0.4, 0.5) is 0 Å². The molecule has 0 saturated carbocycles. The summed E-state index contributed by atoms with van der Waals surface area (Å²) in [5.74, 6) is 0.361. The van der Waals surface area contributed by atoms with Crippen LogP contribution in [0.15, 0.2) is 24.5 Å². The van der Waals surface area contributed by atoms with Crippen LogP contribution in [-0.4, -0.2) is 54.5 Å². The molecule has 1 spiro atoms. The number of hydrogen-bond donors (Lipinski definition) is 1. The number of likely N-dealkylation sites (tertiary alicyclic amines) is 1. The Bertz CT molecular complexity index is 669. The Hall–Kier alpha value is -1.95. The van der Waals surface area contributed by atoms with Crippen LogP contribution in [0.1, 0.15) is 50.4 Å². The molecule has 0 bridgehead atoms. The number of nitrogens with one attached hydrogen (secondary N) is 1. The summed E-state index contributed by atoms with van der Waals surface area (Å²) < 4.78 is 5.58. The van der Waals surface area contributed by atoms with Crippen molar-refractivity contribution in [2.75, 3.05) is 32.8 Å². The topological polar surface area (TPSA) is 71.5 Å². The molecule has 3 rings (SSSR count). The number of aromatic nitrogens is 1. The van der Waals surface area contributed by atoms with Crippen molar-refractivity contribution in [3.05, 3.63) is 30.1 Å². The van der Waals surface area contributed by atoms with Gasteiger partial charge in [-0.05, 0) is 36.8 Å². The highest BCUT2D eigenvalue weighted by atomic mass is 16.5. The minimum atomic E-state index is -0.347. The monoisotopic (exact) mass is 373 g/mol. The van der Waals surface area contributed by atoms with Gasteiger partial charge >= 0.3 is 0 Å². The predicted octanol–water partition coefficient (Wildman–Crippen LogP) is 2.50. The van der Waals surface area contributed by atoms with Gasteiger partial charge in [0.1, 0.15) is 0 Å². The number of amides is 2. The van der Waals surface area contributed by atoms with Crippen LogP contribution in [0.3, 0.4) is 0 Å². The first-order valence-corrected chi connectivity index (χ1v) is 9.93. The molecule has 27 heavy (non-hydrogen) atoms. The van der Waals surface area contributed by atoms with E-state index in [1.165, 1.54) is 0 Å². The lowest BCUT2D eigenvalue weighted by Gasteiger charge is -2.38. The normalized spacial score (nSPS) is 22.0. The third-order valence-corrected chi connectivity index (χ3v) is 6.48. The van der Waals surface area contributed by atoms with Crippen LogP contribution in [-0.2, 0) is 9.53 Å². The zero-order chi connectivity index (χ0) is 19.5. The van der Waals surface area contributed by atoms with Crippen molar-refractivity contribution in [1.29, 1.82) is 0 Å². The molecule has 2 aliphatic heterocycles. The fourth-order valence-corrected chi connectivity index (χ4v) is 4.21. The summed E-state index contributed by atoms with van der Waals surface area (Å²) >= 11 is 0. The van der Waals surface area contributed by atoms with E-state index in [9.17, 15) is 9.59 Å². The molecule has 1 aromatic heterocycles. The Morgan fingerprint density at radius 2 is 2.11 bits per heavy atom. The number of carbonyl (C=O) groups excluding carboxylic acids is 2. The van der Waals surface area contributed by atoms with Gasteiger partial charge in [0.15, 0.2) is 0 Å². The molecule has 0 aliphatic carbocycles. The van der Waals surface area contributed by atoms with Crippen LogP contribution < -0.4 is 5.32 Å². The molecule has 3 heterocycles. The van der Waals surface area contributed by atoms with Crippen LogP contribution in [0.25, 0.3) is 0 Å². The molecule has 2 amide bonds. The Morgan fingerprint density at radius 3 is 2.74 bits per heavy atom. The van der Waals surface area contributed by atoms with Gasteiger partial charge in [0, 0.05) is 56.6 Å². The zero-order valence-electron chi connectivity index (χ0n) is 16.7. The van der Waals surface area contributed by atoms with Crippen LogP contribution in [0.2, 0.25) is 0 Å². The molecule has 1 unspecified atom stereocenters. The first-order valence-electron chi connectivity index (χ1n) is 9.93. The maximum Gasteiger partial charge on any atom is 0.252 e. The average Bonchev–Trinajstić information content (AvgIpc) is 3.04. The predicted molar refractivity (Wildman–Crippen MR) is 103 cm³/mol. The van der Waals surface area contributed by atoms with E-state index >= 15 is 0 Å². The average molecular weight is 373 g/mol. The summed E-state index contributed by atoms with van der Waals surface area (Å²) in [7, 11) is 0. The molecule has 6 heteroatoms. The van der Waals surface area contributed by atoms with Crippen molar-refractivity contribution >= 4 is 11.8 Å². The SMILES string of the molecule is CCC(C)(C)C(=O)N1CC(CNC(=O)c2cccnc2)C2(CCOCC2)C1. The van der Waals surface area contributed by atoms with Gasteiger partial charge in [0.2, 0.25) is 5.91 Å². The molecule has 1 N–H and O–H groups in total. The number of pyridine rings is 1. The van der Waals surface area contributed by atoms with E-state index in [-0.39, 0.29) is 28.6 Å². The number of nitrogens with zero attached hydrogens (tertiary/aromatic N) is 2. The van der Waals surface area contributed by atoms with E-state index in [0.29, 0.717) is 18.7 Å². The van der Waals surface area contributed by atoms with Crippen molar-refractivity contribution in [3.8, 4) is 0 Å². The standard InChI is InChI=1S/C21H31N3O3/c1-4-20(2,3)19(26)24-14-17(21(15-24)7-10-27-11-8-21)13-23-18(25)16-6-5-9-22-12-16/h5-6,9,12,17H,4,7-8,10-11,13-15H2,1-3H3,(H,23,25). The maximum atomic E-state index is 13.0. The second-order valence-corrected chi connectivity index (χ2v) is 8.55. The second kappa shape index (κ2) is 7.97. The van der Waals surface area contributed by atoms with Crippen LogP contribution >= 0.6 is 0 Å². The minimum absolute atomic E-state index is 0.0416. The van der Waals surface area contributed by atoms with Gasteiger partial charge in [-0.1, -0.05) is 20.8 Å². The molecule has 0 aromatic carbocycles. The van der Waals surface area contributed by atoms with Gasteiger partial charge in [-0.15, -0.1) is 0 Å². The Balaban J connectivity index is 1.71. The molecule has 1 aromatic rings. The second-order valence-electron chi connectivity index (χ2n) is 8.55. The molecule has 2 aliphatic rings. The third kappa shape index (κ3) is 4.15. The lowest BCUT2D eigenvalue weighted by Crippen LogP contribution is -2.42. The molecular weight excluding hydrogens is 342 g/mol. The summed E-state index contributed by atoms with van der Waals surface area (Å²) in [6.45, 7) is 9.60. The van der Waals surface area contributed by atoms with E-state index in [1.54, 1.807) is 24.5 Å². The molecule has 2 fully saturated rings. The largest absolute Gasteiger partial charge is 0.381 e. The molecule has 0 radical (unpaired) electrons. The van der Waals surface area contributed by atoms with Crippen molar-refractivity contribution in [2.24, 2.45) is 16.7 Å². The molecule has 148 valence electrons. The summed E-state index contributed by atoms with van der Waals surface area (Å²) in [6.07, 6.45) is 5.94. The fourth-order valence-electron chi connectivity index (χ4n) is 4.21. The maximum absolute atomic E-state index is 13.0. The van der Waals surface area contributed by atoms with E-state index in [2.05, 4.69) is 17.2 Å². The zero-order valence-corrected chi connectivity index (χ0v) is 16.7. The summed E-state index contributed by atoms with van der Waals surface area (Å²) in [6, 6.07) is 3.53. The highest BCUT2D eigenvalue weighted by Gasteiger charge is 2.49. The van der Waals surface area contributed by atoms with Crippen LogP contribution in [0, 0.1) is 16.7 Å². The first-order chi connectivity index (χ1) is 12.9. The highest BCUT2D eigenvalue weighted by molar-refractivity contribution is 5.93. The van der Waals surface area contributed by atoms with E-state index < -0.39 is 0 Å². The summed E-state index contributed by atoms with van der Waals surface area (Å²) in [5.41, 5.74) is 0.261. The molecule has 2 saturated heterocycles. The molecule has 6 nitrogen and oxygen atoms in total. The van der Waals surface area contributed by atoms with Gasteiger partial charge in [-0.3, -0.25) is 14.6 Å². The van der Waals surface area contributed by atoms with E-state index in [4.69, 9.17) is 4.74 Å². The quantitative estimate of drug-likeness (QED) is 0.861. The smallest absolute Gasteiger partial charge is 0.252 e. The summed E-state index contributed by atoms with van der Waals surface area (Å²) in [4.78, 5) is 31.5. The van der Waals surface area contributed by atoms with Crippen molar-refractivity contribution in [1.82, 2.24) is 15.2 Å². The Labute approximate surface area is 161 Å². The number of ether oxygens (including phenoxy) is 1. The van der Waals surface area contributed by atoms with Crippen molar-refractivity contribution < 1.29 is 14.3 Å². The van der Waals surface area contributed by atoms with Crippen molar-refractivity contribution in [2.45, 2.75) is 40.0 Å². The number of carbonyl (C=O) groups is 2. The lowest BCUT2D eigenvalue weighted by atomic mass is 9.72. The Kier molecular flexibility index (Phi) is 5.84. The Morgan fingerprint density at radius 1 is 1.37 bits per heavy atom. The first kappa shape index (κ1) is 19.8. The number of hydrogen-bond acceptors (Lipinski definition) is 4. The minimum Gasteiger partial charge on any atom is -0.381 e. The van der Waals surface area contributed by atoms with E-state index in [1.807, 2.05) is 18.7 Å². The molecule has 1 atom stereocenters. The van der Waals surface area contributed by atoms with Gasteiger partial charge < -0.3 is 15.0 Å². The fraction of sp³-hybridized carbons (Fsp3) is 0.667. The van der Waals surface area contributed by atoms with Gasteiger partial charge in [-0.2, -0.15) is 0 Å². The molecular formula is C21H31N3O3. The number of rotatable bonds is 5. The summed E-state index contributed by atoms with van der Waals surface area (Å²) in [5, 5.41) is 3.07. The van der Waals surface area contributed by atoms with Gasteiger partial charge in [0.25, 0.3) is 5.91 Å². The van der Waals surface area contributed by atoms with Gasteiger partial charge in [0.05, 0.1) is 5.56 Å². The van der Waals surface area contributed by atoms with E-state index in [0.717, 1.165) is 39.0 Å². The van der Waals surface area contributed by atoms with Crippen LogP contribution in [0.5, 0.6) is 0 Å². The third-order valence-electron chi connectivity index (χ3n) is 6.48. The van der Waals surface area contributed by atoms with Gasteiger partial charge in [-0.25, -0.2) is 0 Å². The lowest BCUT2D eigenvalue weighted by molar-refractivity contribution is -0.140.